The zero-order chi connectivity index (χ0) is 28.8. The third-order valence-electron chi connectivity index (χ3n) is 5.33. The zero-order valence-electron chi connectivity index (χ0n) is 25.2. The standard InChI is InChI=1S/C14H21N.C12H16O2.C7H8.C2H6/c1-4-5-6-13-7-9-14(10-8-13)11-15-12(2)3;1-9(2)7-10-5-6-11(13-3)12(8-10)14-4;1-7-5-3-2-4-6-7;1-2/h7-10,15H,2,4-6,11H2,1,3H3;5-6,8H,1,7H2,2-4H3;2-6H,1H3;1-2H3. The fourth-order valence-corrected chi connectivity index (χ4v) is 3.33. The molecule has 0 aliphatic carbocycles. The Hall–Kier alpha value is -3.46. The highest BCUT2D eigenvalue weighted by Crippen LogP contribution is 2.28. The number of unbranched alkanes of at least 4 members (excludes halogenated alkanes) is 1. The van der Waals surface area contributed by atoms with E-state index in [9.17, 15) is 0 Å². The molecule has 0 atom stereocenters. The summed E-state index contributed by atoms with van der Waals surface area (Å²) in [6.45, 7) is 20.9. The van der Waals surface area contributed by atoms with Crippen LogP contribution in [-0.2, 0) is 19.4 Å². The first kappa shape index (κ1) is 34.5. The molecule has 1 N–H and O–H groups in total. The lowest BCUT2D eigenvalue weighted by Crippen LogP contribution is -2.09. The molecule has 3 aromatic rings. The van der Waals surface area contributed by atoms with Gasteiger partial charge in [0, 0.05) is 12.2 Å². The highest BCUT2D eigenvalue weighted by atomic mass is 16.5. The number of aryl methyl sites for hydroxylation is 2. The maximum absolute atomic E-state index is 5.20. The van der Waals surface area contributed by atoms with E-state index in [2.05, 4.69) is 68.7 Å². The summed E-state index contributed by atoms with van der Waals surface area (Å²) in [7, 11) is 3.28. The Kier molecular flexibility index (Phi) is 19.6. The number of rotatable bonds is 10. The predicted octanol–water partition coefficient (Wildman–Crippen LogP) is 9.50. The average Bonchev–Trinajstić information content (AvgIpc) is 2.93. The van der Waals surface area contributed by atoms with Crippen molar-refractivity contribution in [3.63, 3.8) is 0 Å². The van der Waals surface area contributed by atoms with Crippen molar-refractivity contribution in [1.29, 1.82) is 0 Å². The molecular formula is C35H51NO2. The van der Waals surface area contributed by atoms with E-state index in [1.165, 1.54) is 41.5 Å². The van der Waals surface area contributed by atoms with Crippen molar-refractivity contribution in [1.82, 2.24) is 5.32 Å². The van der Waals surface area contributed by atoms with Crippen LogP contribution in [0.1, 0.15) is 69.7 Å². The first-order valence-electron chi connectivity index (χ1n) is 13.6. The van der Waals surface area contributed by atoms with Crippen molar-refractivity contribution in [2.24, 2.45) is 0 Å². The van der Waals surface area contributed by atoms with Gasteiger partial charge < -0.3 is 14.8 Å². The second-order valence-corrected chi connectivity index (χ2v) is 9.03. The van der Waals surface area contributed by atoms with Gasteiger partial charge >= 0.3 is 0 Å². The quantitative estimate of drug-likeness (QED) is 0.272. The molecular weight excluding hydrogens is 466 g/mol. The van der Waals surface area contributed by atoms with Crippen molar-refractivity contribution >= 4 is 0 Å². The van der Waals surface area contributed by atoms with E-state index in [0.29, 0.717) is 0 Å². The van der Waals surface area contributed by atoms with Crippen molar-refractivity contribution in [2.45, 2.75) is 73.8 Å². The van der Waals surface area contributed by atoms with Crippen LogP contribution in [0.15, 0.2) is 97.2 Å². The molecule has 0 radical (unpaired) electrons. The lowest BCUT2D eigenvalue weighted by molar-refractivity contribution is 0.354. The van der Waals surface area contributed by atoms with Crippen LogP contribution in [-0.4, -0.2) is 14.2 Å². The minimum Gasteiger partial charge on any atom is -0.493 e. The van der Waals surface area contributed by atoms with Gasteiger partial charge in [0.05, 0.1) is 14.2 Å². The van der Waals surface area contributed by atoms with Gasteiger partial charge in [0.25, 0.3) is 0 Å². The topological polar surface area (TPSA) is 30.5 Å². The molecule has 38 heavy (non-hydrogen) atoms. The Bertz CT molecular complexity index is 1020. The highest BCUT2D eigenvalue weighted by Gasteiger charge is 2.04. The molecule has 0 saturated heterocycles. The third kappa shape index (κ3) is 16.3. The van der Waals surface area contributed by atoms with Gasteiger partial charge in [0.2, 0.25) is 0 Å². The molecule has 0 unspecified atom stereocenters. The van der Waals surface area contributed by atoms with Gasteiger partial charge in [-0.05, 0) is 68.9 Å². The Balaban J connectivity index is 0.000000551. The Morgan fingerprint density at radius 3 is 1.76 bits per heavy atom. The van der Waals surface area contributed by atoms with Crippen molar-refractivity contribution in [3.05, 3.63) is 119 Å². The minimum absolute atomic E-state index is 0.762. The molecule has 0 fully saturated rings. The van der Waals surface area contributed by atoms with Gasteiger partial charge in [-0.1, -0.05) is 112 Å². The monoisotopic (exact) mass is 517 g/mol. The summed E-state index contributed by atoms with van der Waals surface area (Å²) in [6, 6.07) is 25.0. The minimum atomic E-state index is 0.762. The first-order chi connectivity index (χ1) is 18.3. The summed E-state index contributed by atoms with van der Waals surface area (Å²) in [5.74, 6) is 1.53. The predicted molar refractivity (Wildman–Crippen MR) is 167 cm³/mol. The average molecular weight is 518 g/mol. The lowest BCUT2D eigenvalue weighted by atomic mass is 10.1. The van der Waals surface area contributed by atoms with Crippen molar-refractivity contribution < 1.29 is 9.47 Å². The largest absolute Gasteiger partial charge is 0.493 e. The van der Waals surface area contributed by atoms with Crippen LogP contribution in [0.2, 0.25) is 0 Å². The summed E-state index contributed by atoms with van der Waals surface area (Å²) < 4.78 is 10.4. The van der Waals surface area contributed by atoms with E-state index >= 15 is 0 Å². The number of nitrogens with one attached hydrogen (secondary N) is 1. The number of ether oxygens (including phenoxy) is 2. The van der Waals surface area contributed by atoms with E-state index in [0.717, 1.165) is 35.7 Å². The number of hydrogen-bond acceptors (Lipinski definition) is 3. The van der Waals surface area contributed by atoms with Crippen LogP contribution < -0.4 is 14.8 Å². The third-order valence-corrected chi connectivity index (χ3v) is 5.33. The van der Waals surface area contributed by atoms with Gasteiger partial charge in [-0.2, -0.15) is 0 Å². The second kappa shape index (κ2) is 21.6. The Labute approximate surface area is 233 Å². The number of hydrogen-bond donors (Lipinski definition) is 1. The molecule has 0 amide bonds. The maximum atomic E-state index is 5.20. The number of methoxy groups -OCH3 is 2. The van der Waals surface area contributed by atoms with E-state index < -0.39 is 0 Å². The van der Waals surface area contributed by atoms with E-state index in [1.54, 1.807) is 14.2 Å². The second-order valence-electron chi connectivity index (χ2n) is 9.03. The molecule has 0 bridgehead atoms. The fraction of sp³-hybridized carbons (Fsp3) is 0.371. The zero-order valence-corrected chi connectivity index (χ0v) is 25.2. The van der Waals surface area contributed by atoms with Crippen molar-refractivity contribution in [2.75, 3.05) is 14.2 Å². The van der Waals surface area contributed by atoms with Crippen LogP contribution >= 0.6 is 0 Å². The van der Waals surface area contributed by atoms with Gasteiger partial charge in [-0.25, -0.2) is 0 Å². The van der Waals surface area contributed by atoms with Crippen LogP contribution in [0.3, 0.4) is 0 Å². The molecule has 3 nitrogen and oxygen atoms in total. The Morgan fingerprint density at radius 1 is 0.763 bits per heavy atom. The van der Waals surface area contributed by atoms with Gasteiger partial charge in [-0.3, -0.25) is 0 Å². The summed E-state index contributed by atoms with van der Waals surface area (Å²) in [4.78, 5) is 0. The van der Waals surface area contributed by atoms with Crippen LogP contribution in [0.4, 0.5) is 0 Å². The molecule has 0 aromatic heterocycles. The SMILES string of the molecule is C=C(C)Cc1ccc(OC)c(OC)c1.C=C(C)NCc1ccc(CCCC)cc1.CC.Cc1ccccc1. The van der Waals surface area contributed by atoms with E-state index in [4.69, 9.17) is 9.47 Å². The molecule has 3 heteroatoms. The van der Waals surface area contributed by atoms with E-state index in [-0.39, 0.29) is 0 Å². The van der Waals surface area contributed by atoms with Crippen molar-refractivity contribution in [3.8, 4) is 11.5 Å². The molecule has 0 spiro atoms. The molecule has 3 aromatic carbocycles. The molecule has 0 heterocycles. The fourth-order valence-electron chi connectivity index (χ4n) is 3.33. The molecule has 3 rings (SSSR count). The summed E-state index contributed by atoms with van der Waals surface area (Å²) >= 11 is 0. The molecule has 0 aliphatic heterocycles. The Morgan fingerprint density at radius 2 is 1.32 bits per heavy atom. The summed E-state index contributed by atoms with van der Waals surface area (Å²) in [5.41, 5.74) is 7.43. The van der Waals surface area contributed by atoms with Gasteiger partial charge in [-0.15, -0.1) is 0 Å². The van der Waals surface area contributed by atoms with Crippen LogP contribution in [0.5, 0.6) is 11.5 Å². The maximum Gasteiger partial charge on any atom is 0.160 e. The molecule has 0 saturated carbocycles. The molecule has 208 valence electrons. The smallest absolute Gasteiger partial charge is 0.160 e. The van der Waals surface area contributed by atoms with Crippen LogP contribution in [0.25, 0.3) is 0 Å². The normalized spacial score (nSPS) is 9.26. The first-order valence-corrected chi connectivity index (χ1v) is 13.6. The van der Waals surface area contributed by atoms with Gasteiger partial charge in [0.1, 0.15) is 0 Å². The number of benzene rings is 3. The summed E-state index contributed by atoms with van der Waals surface area (Å²) in [5, 5.41) is 3.23. The number of allylic oxidation sites excluding steroid dienone is 2. The van der Waals surface area contributed by atoms with Gasteiger partial charge in [0.15, 0.2) is 11.5 Å². The lowest BCUT2D eigenvalue weighted by Gasteiger charge is -2.09. The van der Waals surface area contributed by atoms with E-state index in [1.807, 2.05) is 64.1 Å². The molecule has 0 aliphatic rings. The summed E-state index contributed by atoms with van der Waals surface area (Å²) in [6.07, 6.45) is 4.62. The highest BCUT2D eigenvalue weighted by molar-refractivity contribution is 5.43. The van der Waals surface area contributed by atoms with Crippen LogP contribution in [0, 0.1) is 6.92 Å².